The fourth-order valence-corrected chi connectivity index (χ4v) is 4.18. The van der Waals surface area contributed by atoms with Crippen LogP contribution in [0.3, 0.4) is 0 Å². The molecule has 31 heavy (non-hydrogen) atoms. The lowest BCUT2D eigenvalue weighted by Crippen LogP contribution is -2.35. The molecule has 1 aliphatic rings. The molecule has 5 rings (SSSR count). The fraction of sp³-hybridized carbons (Fsp3) is 0.217. The first kappa shape index (κ1) is 19.0. The third-order valence-corrected chi connectivity index (χ3v) is 5.71. The van der Waals surface area contributed by atoms with Crippen LogP contribution in [-0.2, 0) is 13.0 Å². The van der Waals surface area contributed by atoms with E-state index in [0.29, 0.717) is 5.82 Å². The maximum Gasteiger partial charge on any atom is 0.334 e. The van der Waals surface area contributed by atoms with Crippen LogP contribution in [0, 0.1) is 10.1 Å². The Hall–Kier alpha value is -3.94. The van der Waals surface area contributed by atoms with E-state index in [2.05, 4.69) is 9.67 Å². The van der Waals surface area contributed by atoms with Gasteiger partial charge in [-0.1, -0.05) is 18.2 Å². The summed E-state index contributed by atoms with van der Waals surface area (Å²) in [7, 11) is 0. The highest BCUT2D eigenvalue weighted by Gasteiger charge is 2.29. The van der Waals surface area contributed by atoms with Gasteiger partial charge in [-0.25, -0.2) is 0 Å². The Bertz CT molecular complexity index is 1240. The number of imidazole rings is 1. The van der Waals surface area contributed by atoms with Gasteiger partial charge < -0.3 is 5.11 Å². The molecule has 8 heteroatoms. The van der Waals surface area contributed by atoms with Gasteiger partial charge >= 0.3 is 5.82 Å². The van der Waals surface area contributed by atoms with Gasteiger partial charge in [-0.2, -0.15) is 9.25 Å². The molecule has 8 nitrogen and oxygen atoms in total. The summed E-state index contributed by atoms with van der Waals surface area (Å²) in [5.41, 5.74) is 2.79. The summed E-state index contributed by atoms with van der Waals surface area (Å²) in [6.07, 6.45) is 7.70. The molecule has 156 valence electrons. The van der Waals surface area contributed by atoms with Crippen molar-refractivity contribution in [2.24, 2.45) is 0 Å². The molecule has 0 saturated heterocycles. The molecule has 2 aromatic carbocycles. The Morgan fingerprint density at radius 3 is 2.55 bits per heavy atom. The maximum atomic E-state index is 11.0. The van der Waals surface area contributed by atoms with E-state index >= 15 is 0 Å². The summed E-state index contributed by atoms with van der Waals surface area (Å²) in [6, 6.07) is 16.3. The zero-order chi connectivity index (χ0) is 21.4. The minimum atomic E-state index is -0.392. The average Bonchev–Trinajstić information content (AvgIpc) is 3.25. The van der Waals surface area contributed by atoms with E-state index in [0.717, 1.165) is 55.0 Å². The minimum Gasteiger partial charge on any atom is -0.501 e. The van der Waals surface area contributed by atoms with Crippen molar-refractivity contribution < 1.29 is 14.6 Å². The molecule has 2 aromatic heterocycles. The monoisotopic (exact) mass is 416 g/mol. The Labute approximate surface area is 178 Å². The molecule has 4 aromatic rings. The van der Waals surface area contributed by atoms with Gasteiger partial charge in [0.2, 0.25) is 11.6 Å². The second kappa shape index (κ2) is 7.71. The highest BCUT2D eigenvalue weighted by Crippen LogP contribution is 2.28. The van der Waals surface area contributed by atoms with Crippen molar-refractivity contribution in [1.82, 2.24) is 14.3 Å². The van der Waals surface area contributed by atoms with Gasteiger partial charge in [0.15, 0.2) is 0 Å². The second-order valence-corrected chi connectivity index (χ2v) is 7.68. The molecule has 0 atom stereocenters. The van der Waals surface area contributed by atoms with E-state index in [9.17, 15) is 15.2 Å². The smallest absolute Gasteiger partial charge is 0.334 e. The first-order valence-corrected chi connectivity index (χ1v) is 10.3. The lowest BCUT2D eigenvalue weighted by atomic mass is 10.1. The lowest BCUT2D eigenvalue weighted by Gasteiger charge is -2.04. The number of aromatic hydroxyl groups is 1. The van der Waals surface area contributed by atoms with Crippen LogP contribution in [-0.4, -0.2) is 24.4 Å². The molecule has 0 spiro atoms. The number of fused-ring (bicyclic) bond motifs is 1. The van der Waals surface area contributed by atoms with Crippen molar-refractivity contribution in [3.63, 3.8) is 0 Å². The van der Waals surface area contributed by atoms with Gasteiger partial charge in [0.05, 0.1) is 23.4 Å². The van der Waals surface area contributed by atoms with Gasteiger partial charge in [-0.15, -0.1) is 0 Å². The number of nitrogens with zero attached hydrogens (tertiary/aromatic N) is 5. The highest BCUT2D eigenvalue weighted by molar-refractivity contribution is 5.61. The van der Waals surface area contributed by atoms with E-state index in [1.807, 2.05) is 41.1 Å². The first-order valence-electron chi connectivity index (χ1n) is 10.3. The standard InChI is InChI=1S/C23H21N5O3/c29-21-16-27(18-7-3-1-4-8-18)24-23(21)26-15-20(25-14-6-2-5-9-22(25)26)17-10-12-19(13-11-17)28(30)31/h1,3-4,7-8,10-13,15-16H,2,5-6,9,14H2/p+1. The summed E-state index contributed by atoms with van der Waals surface area (Å²) in [6.45, 7) is 0.856. The summed E-state index contributed by atoms with van der Waals surface area (Å²) in [5.74, 6) is 1.64. The molecular weight excluding hydrogens is 394 g/mol. The molecule has 3 heterocycles. The van der Waals surface area contributed by atoms with E-state index in [4.69, 9.17) is 0 Å². The topological polar surface area (TPSA) is 90.0 Å². The lowest BCUT2D eigenvalue weighted by molar-refractivity contribution is -0.608. The number of non-ortho nitro benzene ring substituents is 1. The zero-order valence-electron chi connectivity index (χ0n) is 16.9. The van der Waals surface area contributed by atoms with Crippen molar-refractivity contribution in [2.45, 2.75) is 32.2 Å². The van der Waals surface area contributed by atoms with Crippen molar-refractivity contribution in [1.29, 1.82) is 0 Å². The zero-order valence-corrected chi connectivity index (χ0v) is 16.9. The summed E-state index contributed by atoms with van der Waals surface area (Å²) < 4.78 is 5.87. The number of hydrogen-bond acceptors (Lipinski definition) is 4. The highest BCUT2D eigenvalue weighted by atomic mass is 16.6. The summed E-state index contributed by atoms with van der Waals surface area (Å²) in [4.78, 5) is 10.6. The second-order valence-electron chi connectivity index (χ2n) is 7.68. The van der Waals surface area contributed by atoms with E-state index in [-0.39, 0.29) is 11.4 Å². The first-order chi connectivity index (χ1) is 15.1. The SMILES string of the molecule is O=[N+]([O-])c1ccc(-c2c[n+](-c3nn(-c4ccccc4)cc3O)c3n2CCCCC3)cc1. The number of rotatable bonds is 4. The Morgan fingerprint density at radius 2 is 1.81 bits per heavy atom. The van der Waals surface area contributed by atoms with E-state index in [1.54, 1.807) is 23.0 Å². The number of nitro groups is 1. The Kier molecular flexibility index (Phi) is 4.74. The van der Waals surface area contributed by atoms with Crippen molar-refractivity contribution in [2.75, 3.05) is 0 Å². The molecule has 1 N–H and O–H groups in total. The number of benzene rings is 2. The van der Waals surface area contributed by atoms with Crippen LogP contribution in [0.5, 0.6) is 5.75 Å². The van der Waals surface area contributed by atoms with Gasteiger partial charge in [-0.3, -0.25) is 14.7 Å². The molecule has 0 unspecified atom stereocenters. The van der Waals surface area contributed by atoms with Crippen LogP contribution < -0.4 is 4.57 Å². The quantitative estimate of drug-likeness (QED) is 0.310. The molecule has 0 amide bonds. The van der Waals surface area contributed by atoms with Gasteiger partial charge in [-0.05, 0) is 48.6 Å². The normalized spacial score (nSPS) is 13.5. The summed E-state index contributed by atoms with van der Waals surface area (Å²) in [5, 5.41) is 26.4. The van der Waals surface area contributed by atoms with Crippen LogP contribution in [0.25, 0.3) is 22.8 Å². The van der Waals surface area contributed by atoms with E-state index in [1.165, 1.54) is 12.1 Å². The van der Waals surface area contributed by atoms with Crippen molar-refractivity contribution >= 4 is 5.69 Å². The van der Waals surface area contributed by atoms with Crippen molar-refractivity contribution in [3.05, 3.63) is 82.9 Å². The van der Waals surface area contributed by atoms with Gasteiger partial charge in [0.25, 0.3) is 5.69 Å². The Balaban J connectivity index is 1.63. The number of aromatic nitrogens is 4. The number of para-hydroxylation sites is 1. The molecule has 0 saturated carbocycles. The predicted octanol–water partition coefficient (Wildman–Crippen LogP) is 3.96. The molecule has 0 radical (unpaired) electrons. The largest absolute Gasteiger partial charge is 0.501 e. The maximum absolute atomic E-state index is 11.0. The predicted molar refractivity (Wildman–Crippen MR) is 114 cm³/mol. The third kappa shape index (κ3) is 3.46. The average molecular weight is 416 g/mol. The molecule has 1 aliphatic heterocycles. The molecule has 0 aliphatic carbocycles. The van der Waals surface area contributed by atoms with Crippen LogP contribution in [0.1, 0.15) is 25.1 Å². The van der Waals surface area contributed by atoms with Crippen molar-refractivity contribution in [3.8, 4) is 28.5 Å². The molecule has 0 bridgehead atoms. The van der Waals surface area contributed by atoms with Crippen LogP contribution >= 0.6 is 0 Å². The summed E-state index contributed by atoms with van der Waals surface area (Å²) >= 11 is 0. The van der Waals surface area contributed by atoms with E-state index < -0.39 is 4.92 Å². The minimum absolute atomic E-state index is 0.0681. The number of hydrogen-bond donors (Lipinski definition) is 1. The third-order valence-electron chi connectivity index (χ3n) is 5.71. The van der Waals surface area contributed by atoms with Gasteiger partial charge in [0, 0.05) is 24.1 Å². The fourth-order valence-electron chi connectivity index (χ4n) is 4.18. The molecule has 0 fully saturated rings. The Morgan fingerprint density at radius 1 is 1.03 bits per heavy atom. The van der Waals surface area contributed by atoms with Gasteiger partial charge in [0.1, 0.15) is 11.9 Å². The van der Waals surface area contributed by atoms with Crippen LogP contribution in [0.2, 0.25) is 0 Å². The number of nitro benzene ring substituents is 1. The van der Waals surface area contributed by atoms with Crippen LogP contribution in [0.15, 0.2) is 67.0 Å². The van der Waals surface area contributed by atoms with Crippen LogP contribution in [0.4, 0.5) is 5.69 Å². The molecular formula is C23H22N5O3+.